The lowest BCUT2D eigenvalue weighted by Gasteiger charge is -2.13. The van der Waals surface area contributed by atoms with Gasteiger partial charge in [0.1, 0.15) is 17.4 Å². The van der Waals surface area contributed by atoms with E-state index in [1.807, 2.05) is 24.3 Å². The summed E-state index contributed by atoms with van der Waals surface area (Å²) in [5.74, 6) is -0.629. The van der Waals surface area contributed by atoms with E-state index in [0.29, 0.717) is 6.54 Å². The zero-order chi connectivity index (χ0) is 15.2. The van der Waals surface area contributed by atoms with Crippen LogP contribution in [-0.4, -0.2) is 18.8 Å². The molecule has 0 aromatic heterocycles. The maximum Gasteiger partial charge on any atom is 0.131 e. The van der Waals surface area contributed by atoms with Crippen LogP contribution in [0.1, 0.15) is 17.2 Å². The molecule has 3 nitrogen and oxygen atoms in total. The Morgan fingerprint density at radius 3 is 2.48 bits per heavy atom. The van der Waals surface area contributed by atoms with E-state index in [2.05, 4.69) is 5.32 Å². The molecule has 0 unspecified atom stereocenters. The van der Waals surface area contributed by atoms with Gasteiger partial charge in [-0.1, -0.05) is 18.2 Å². The van der Waals surface area contributed by atoms with Gasteiger partial charge in [0.25, 0.3) is 0 Å². The molecule has 2 N–H and O–H groups in total. The molecule has 0 saturated heterocycles. The number of halogens is 2. The van der Waals surface area contributed by atoms with Crippen LogP contribution in [0, 0.1) is 11.6 Å². The predicted molar refractivity (Wildman–Crippen MR) is 76.0 cm³/mol. The Labute approximate surface area is 122 Å². The average molecular weight is 293 g/mol. The molecule has 0 fully saturated rings. The summed E-state index contributed by atoms with van der Waals surface area (Å²) >= 11 is 0. The van der Waals surface area contributed by atoms with Crippen LogP contribution >= 0.6 is 0 Å². The third kappa shape index (κ3) is 4.24. The number of rotatable bonds is 6. The number of nitrogens with one attached hydrogen (secondary N) is 1. The summed E-state index contributed by atoms with van der Waals surface area (Å²) in [5, 5.41) is 12.9. The second-order valence-electron chi connectivity index (χ2n) is 4.66. The van der Waals surface area contributed by atoms with Gasteiger partial charge in [0, 0.05) is 24.7 Å². The number of hydrogen-bond donors (Lipinski definition) is 2. The van der Waals surface area contributed by atoms with E-state index in [9.17, 15) is 13.9 Å². The lowest BCUT2D eigenvalue weighted by Crippen LogP contribution is -2.21. The normalized spacial score (nSPS) is 12.2. The highest BCUT2D eigenvalue weighted by molar-refractivity contribution is 5.27. The summed E-state index contributed by atoms with van der Waals surface area (Å²) in [5.41, 5.74) is 1.10. The zero-order valence-corrected chi connectivity index (χ0v) is 11.6. The van der Waals surface area contributed by atoms with Crippen molar-refractivity contribution in [3.8, 4) is 5.75 Å². The van der Waals surface area contributed by atoms with Crippen molar-refractivity contribution in [3.63, 3.8) is 0 Å². The van der Waals surface area contributed by atoms with E-state index in [1.54, 1.807) is 7.11 Å². The molecule has 2 aromatic rings. The lowest BCUT2D eigenvalue weighted by atomic mass is 10.1. The molecular weight excluding hydrogens is 276 g/mol. The molecule has 0 heterocycles. The number of methoxy groups -OCH3 is 1. The molecule has 21 heavy (non-hydrogen) atoms. The van der Waals surface area contributed by atoms with Crippen molar-refractivity contribution in [3.05, 3.63) is 65.2 Å². The van der Waals surface area contributed by atoms with Crippen molar-refractivity contribution in [1.82, 2.24) is 5.32 Å². The Hall–Kier alpha value is -1.98. The summed E-state index contributed by atoms with van der Waals surface area (Å²) < 4.78 is 31.4. The van der Waals surface area contributed by atoms with Crippen molar-refractivity contribution in [2.24, 2.45) is 0 Å². The minimum absolute atomic E-state index is 0.0821. The van der Waals surface area contributed by atoms with Gasteiger partial charge in [0.05, 0.1) is 13.2 Å². The Morgan fingerprint density at radius 1 is 1.14 bits per heavy atom. The van der Waals surface area contributed by atoms with E-state index in [-0.39, 0.29) is 12.1 Å². The Kier molecular flexibility index (Phi) is 5.25. The van der Waals surface area contributed by atoms with E-state index in [0.717, 1.165) is 23.4 Å². The SMILES string of the molecule is COc1ccc(CNC[C@H](O)c2ccc(F)cc2F)cc1. The van der Waals surface area contributed by atoms with Gasteiger partial charge in [-0.3, -0.25) is 0 Å². The molecule has 1 atom stereocenters. The molecule has 0 radical (unpaired) electrons. The molecule has 2 rings (SSSR count). The van der Waals surface area contributed by atoms with Gasteiger partial charge in [-0.25, -0.2) is 8.78 Å². The van der Waals surface area contributed by atoms with Gasteiger partial charge in [-0.15, -0.1) is 0 Å². The van der Waals surface area contributed by atoms with Crippen molar-refractivity contribution in [2.45, 2.75) is 12.6 Å². The number of hydrogen-bond acceptors (Lipinski definition) is 3. The summed E-state index contributed by atoms with van der Waals surface area (Å²) in [7, 11) is 1.60. The predicted octanol–water partition coefficient (Wildman–Crippen LogP) is 2.80. The molecule has 0 aliphatic carbocycles. The first kappa shape index (κ1) is 15.4. The van der Waals surface area contributed by atoms with E-state index in [4.69, 9.17) is 4.74 Å². The molecule has 0 saturated carbocycles. The third-order valence-electron chi connectivity index (χ3n) is 3.15. The van der Waals surface area contributed by atoms with Crippen LogP contribution in [0.4, 0.5) is 8.78 Å². The summed E-state index contributed by atoms with van der Waals surface area (Å²) in [6.45, 7) is 0.707. The number of aliphatic hydroxyl groups is 1. The van der Waals surface area contributed by atoms with Gasteiger partial charge in [0.15, 0.2) is 0 Å². The second kappa shape index (κ2) is 7.15. The quantitative estimate of drug-likeness (QED) is 0.860. The summed E-state index contributed by atoms with van der Waals surface area (Å²) in [6.07, 6.45) is -1.02. The summed E-state index contributed by atoms with van der Waals surface area (Å²) in [6, 6.07) is 10.6. The average Bonchev–Trinajstić information content (AvgIpc) is 2.47. The second-order valence-corrected chi connectivity index (χ2v) is 4.66. The van der Waals surface area contributed by atoms with Crippen LogP contribution in [0.2, 0.25) is 0 Å². The fourth-order valence-corrected chi connectivity index (χ4v) is 1.98. The highest BCUT2D eigenvalue weighted by atomic mass is 19.1. The minimum Gasteiger partial charge on any atom is -0.497 e. The van der Waals surface area contributed by atoms with Gasteiger partial charge in [-0.2, -0.15) is 0 Å². The van der Waals surface area contributed by atoms with Crippen LogP contribution < -0.4 is 10.1 Å². The molecule has 0 aliphatic rings. The third-order valence-corrected chi connectivity index (χ3v) is 3.15. The van der Waals surface area contributed by atoms with Crippen LogP contribution in [-0.2, 0) is 6.54 Å². The zero-order valence-electron chi connectivity index (χ0n) is 11.6. The van der Waals surface area contributed by atoms with Gasteiger partial charge >= 0.3 is 0 Å². The van der Waals surface area contributed by atoms with E-state index >= 15 is 0 Å². The van der Waals surface area contributed by atoms with Crippen molar-refractivity contribution < 1.29 is 18.6 Å². The molecule has 0 amide bonds. The fraction of sp³-hybridized carbons (Fsp3) is 0.250. The molecule has 5 heteroatoms. The Bertz CT molecular complexity index is 587. The van der Waals surface area contributed by atoms with E-state index < -0.39 is 17.7 Å². The Balaban J connectivity index is 1.87. The van der Waals surface area contributed by atoms with Crippen molar-refractivity contribution in [2.75, 3.05) is 13.7 Å². The molecule has 0 spiro atoms. The number of aliphatic hydroxyl groups excluding tert-OH is 1. The molecule has 0 bridgehead atoms. The van der Waals surface area contributed by atoms with Gasteiger partial charge < -0.3 is 15.2 Å². The van der Waals surface area contributed by atoms with Crippen LogP contribution in [0.5, 0.6) is 5.75 Å². The van der Waals surface area contributed by atoms with Gasteiger partial charge in [-0.05, 0) is 23.8 Å². The maximum absolute atomic E-state index is 13.5. The largest absolute Gasteiger partial charge is 0.497 e. The highest BCUT2D eigenvalue weighted by Gasteiger charge is 2.13. The monoisotopic (exact) mass is 293 g/mol. The smallest absolute Gasteiger partial charge is 0.131 e. The Morgan fingerprint density at radius 2 is 1.86 bits per heavy atom. The van der Waals surface area contributed by atoms with Crippen molar-refractivity contribution in [1.29, 1.82) is 0 Å². The summed E-state index contributed by atoms with van der Waals surface area (Å²) in [4.78, 5) is 0. The van der Waals surface area contributed by atoms with Gasteiger partial charge in [0.2, 0.25) is 0 Å². The molecule has 0 aliphatic heterocycles. The number of benzene rings is 2. The molecule has 112 valence electrons. The van der Waals surface area contributed by atoms with E-state index in [1.165, 1.54) is 6.07 Å². The maximum atomic E-state index is 13.5. The lowest BCUT2D eigenvalue weighted by molar-refractivity contribution is 0.169. The van der Waals surface area contributed by atoms with Crippen LogP contribution in [0.15, 0.2) is 42.5 Å². The fourth-order valence-electron chi connectivity index (χ4n) is 1.98. The molecule has 2 aromatic carbocycles. The first-order valence-corrected chi connectivity index (χ1v) is 6.57. The number of ether oxygens (including phenoxy) is 1. The highest BCUT2D eigenvalue weighted by Crippen LogP contribution is 2.17. The van der Waals surface area contributed by atoms with Crippen LogP contribution in [0.25, 0.3) is 0 Å². The first-order chi connectivity index (χ1) is 10.1. The minimum atomic E-state index is -1.02. The van der Waals surface area contributed by atoms with Crippen LogP contribution in [0.3, 0.4) is 0 Å². The molecular formula is C16H17F2NO2. The standard InChI is InChI=1S/C16H17F2NO2/c1-21-13-5-2-11(3-6-13)9-19-10-16(20)14-7-4-12(17)8-15(14)18/h2-8,16,19-20H,9-10H2,1H3/t16-/m0/s1. The topological polar surface area (TPSA) is 41.5 Å². The first-order valence-electron chi connectivity index (χ1n) is 6.57. The van der Waals surface area contributed by atoms with Crippen molar-refractivity contribution >= 4 is 0 Å².